The quantitative estimate of drug-likeness (QED) is 0.300. The zero-order valence-electron chi connectivity index (χ0n) is 17.5. The molecule has 0 saturated heterocycles. The predicted octanol–water partition coefficient (Wildman–Crippen LogP) is 5.84. The Hall–Kier alpha value is -2.15. The number of aromatic amines is 1. The maximum Gasteiger partial charge on any atom is 0.216 e. The molecule has 0 amide bonds. The molecule has 1 saturated carbocycles. The van der Waals surface area contributed by atoms with Gasteiger partial charge in [0, 0.05) is 5.92 Å². The lowest BCUT2D eigenvalue weighted by atomic mass is 9.89. The van der Waals surface area contributed by atoms with Gasteiger partial charge in [0.2, 0.25) is 4.77 Å². The summed E-state index contributed by atoms with van der Waals surface area (Å²) in [5, 5.41) is 11.9. The van der Waals surface area contributed by atoms with E-state index in [0.717, 1.165) is 36.4 Å². The molecule has 1 aromatic heterocycles. The van der Waals surface area contributed by atoms with E-state index in [1.54, 1.807) is 18.0 Å². The number of rotatable bonds is 10. The maximum absolute atomic E-state index is 5.89. The van der Waals surface area contributed by atoms with Crippen LogP contribution >= 0.6 is 12.2 Å². The van der Waals surface area contributed by atoms with Gasteiger partial charge in [-0.1, -0.05) is 45.4 Å². The van der Waals surface area contributed by atoms with Crippen LogP contribution in [0.5, 0.6) is 11.5 Å². The molecular weight excluding hydrogens is 384 g/mol. The molecule has 1 aliphatic carbocycles. The third-order valence-electron chi connectivity index (χ3n) is 5.41. The van der Waals surface area contributed by atoms with Crippen molar-refractivity contribution < 1.29 is 9.47 Å². The minimum Gasteiger partial charge on any atom is -0.493 e. The maximum atomic E-state index is 5.89. The first-order valence-electron chi connectivity index (χ1n) is 10.8. The average molecular weight is 417 g/mol. The van der Waals surface area contributed by atoms with Crippen molar-refractivity contribution in [2.75, 3.05) is 13.7 Å². The van der Waals surface area contributed by atoms with Crippen molar-refractivity contribution in [2.45, 2.75) is 70.6 Å². The summed E-state index contributed by atoms with van der Waals surface area (Å²) in [7, 11) is 1.66. The molecular formula is C22H32N4O2S. The second kappa shape index (κ2) is 11.1. The molecule has 0 bridgehead atoms. The molecule has 3 rings (SSSR count). The zero-order valence-corrected chi connectivity index (χ0v) is 18.3. The summed E-state index contributed by atoms with van der Waals surface area (Å²) in [5.41, 5.74) is 0.929. The third-order valence-corrected chi connectivity index (χ3v) is 5.68. The molecule has 1 heterocycles. The first-order valence-corrected chi connectivity index (χ1v) is 11.2. The van der Waals surface area contributed by atoms with Gasteiger partial charge < -0.3 is 9.47 Å². The highest BCUT2D eigenvalue weighted by Crippen LogP contribution is 2.31. The number of benzene rings is 1. The van der Waals surface area contributed by atoms with Crippen molar-refractivity contribution in [3.05, 3.63) is 34.4 Å². The number of hydrogen-bond donors (Lipinski definition) is 1. The summed E-state index contributed by atoms with van der Waals surface area (Å²) in [6.45, 7) is 2.91. The first kappa shape index (κ1) is 21.6. The molecule has 1 aromatic carbocycles. The van der Waals surface area contributed by atoms with Crippen LogP contribution in [0.1, 0.15) is 82.0 Å². The third kappa shape index (κ3) is 5.92. The highest BCUT2D eigenvalue weighted by atomic mass is 32.1. The van der Waals surface area contributed by atoms with Gasteiger partial charge in [-0.2, -0.15) is 14.9 Å². The molecule has 1 aliphatic rings. The van der Waals surface area contributed by atoms with Crippen LogP contribution < -0.4 is 9.47 Å². The van der Waals surface area contributed by atoms with E-state index in [4.69, 9.17) is 21.7 Å². The number of unbranched alkanes of at least 4 members (excludes halogenated alkanes) is 3. The minimum absolute atomic E-state index is 0.423. The van der Waals surface area contributed by atoms with Crippen LogP contribution in [0.2, 0.25) is 0 Å². The fourth-order valence-corrected chi connectivity index (χ4v) is 3.95. The Balaban J connectivity index is 1.69. The number of ether oxygens (including phenoxy) is 2. The standard InChI is InChI=1S/C22H32N4O2S/c1-3-4-5-9-14-28-19-13-12-17(15-20(19)27-2)16-23-26-21(24-25-22(26)29)18-10-7-6-8-11-18/h12-13,15-16,18H,3-11,14H2,1-2H3,(H,25,29)/b23-16-. The van der Waals surface area contributed by atoms with E-state index >= 15 is 0 Å². The minimum atomic E-state index is 0.423. The number of H-pyrrole nitrogens is 1. The Bertz CT molecular complexity index is 853. The first-order chi connectivity index (χ1) is 14.2. The Morgan fingerprint density at radius 3 is 2.79 bits per heavy atom. The molecule has 2 aromatic rings. The molecule has 0 spiro atoms. The van der Waals surface area contributed by atoms with E-state index in [9.17, 15) is 0 Å². The number of hydrogen-bond acceptors (Lipinski definition) is 5. The highest BCUT2D eigenvalue weighted by molar-refractivity contribution is 7.71. The van der Waals surface area contributed by atoms with E-state index in [0.29, 0.717) is 23.0 Å². The topological polar surface area (TPSA) is 64.4 Å². The van der Waals surface area contributed by atoms with Crippen LogP contribution in [-0.2, 0) is 0 Å². The Kier molecular flexibility index (Phi) is 8.28. The van der Waals surface area contributed by atoms with Crippen LogP contribution in [0.3, 0.4) is 0 Å². The van der Waals surface area contributed by atoms with Gasteiger partial charge >= 0.3 is 0 Å². The lowest BCUT2D eigenvalue weighted by molar-refractivity contribution is 0.285. The van der Waals surface area contributed by atoms with Gasteiger partial charge in [-0.3, -0.25) is 5.10 Å². The zero-order chi connectivity index (χ0) is 20.5. The van der Waals surface area contributed by atoms with Crippen LogP contribution in [0.15, 0.2) is 23.3 Å². The van der Waals surface area contributed by atoms with Crippen molar-refractivity contribution in [2.24, 2.45) is 5.10 Å². The van der Waals surface area contributed by atoms with Crippen LogP contribution in [0.25, 0.3) is 0 Å². The SMILES string of the molecule is CCCCCCOc1ccc(/C=N\n2c(C3CCCCC3)n[nH]c2=S)cc1OC. The fourth-order valence-electron chi connectivity index (χ4n) is 3.76. The Labute approximate surface area is 178 Å². The molecule has 1 fully saturated rings. The summed E-state index contributed by atoms with van der Waals surface area (Å²) in [4.78, 5) is 0. The summed E-state index contributed by atoms with van der Waals surface area (Å²) >= 11 is 5.39. The van der Waals surface area contributed by atoms with Crippen molar-refractivity contribution in [3.63, 3.8) is 0 Å². The van der Waals surface area contributed by atoms with Gasteiger partial charge in [0.05, 0.1) is 19.9 Å². The van der Waals surface area contributed by atoms with E-state index in [2.05, 4.69) is 22.2 Å². The smallest absolute Gasteiger partial charge is 0.216 e. The van der Waals surface area contributed by atoms with Crippen molar-refractivity contribution in [1.29, 1.82) is 0 Å². The van der Waals surface area contributed by atoms with Crippen LogP contribution in [-0.4, -0.2) is 34.8 Å². The number of nitrogens with zero attached hydrogens (tertiary/aromatic N) is 3. The molecule has 0 atom stereocenters. The molecule has 0 aliphatic heterocycles. The van der Waals surface area contributed by atoms with Gasteiger partial charge in [0.1, 0.15) is 0 Å². The van der Waals surface area contributed by atoms with Gasteiger partial charge in [0.15, 0.2) is 17.3 Å². The van der Waals surface area contributed by atoms with Gasteiger partial charge in [-0.25, -0.2) is 0 Å². The van der Waals surface area contributed by atoms with E-state index in [1.165, 1.54) is 38.5 Å². The largest absolute Gasteiger partial charge is 0.493 e. The molecule has 29 heavy (non-hydrogen) atoms. The lowest BCUT2D eigenvalue weighted by Crippen LogP contribution is -2.10. The Morgan fingerprint density at radius 1 is 1.21 bits per heavy atom. The fraction of sp³-hybridized carbons (Fsp3) is 0.591. The molecule has 6 nitrogen and oxygen atoms in total. The number of nitrogens with one attached hydrogen (secondary N) is 1. The summed E-state index contributed by atoms with van der Waals surface area (Å²) in [5.74, 6) is 2.84. The molecule has 1 N–H and O–H groups in total. The van der Waals surface area contributed by atoms with Crippen LogP contribution in [0.4, 0.5) is 0 Å². The van der Waals surface area contributed by atoms with E-state index < -0.39 is 0 Å². The summed E-state index contributed by atoms with van der Waals surface area (Å²) < 4.78 is 13.7. The normalized spacial score (nSPS) is 15.1. The van der Waals surface area contributed by atoms with E-state index in [-0.39, 0.29) is 0 Å². The monoisotopic (exact) mass is 416 g/mol. The van der Waals surface area contributed by atoms with Crippen molar-refractivity contribution in [3.8, 4) is 11.5 Å². The second-order valence-electron chi connectivity index (χ2n) is 7.60. The molecule has 0 radical (unpaired) electrons. The highest BCUT2D eigenvalue weighted by Gasteiger charge is 2.21. The summed E-state index contributed by atoms with van der Waals surface area (Å²) in [6, 6.07) is 5.86. The molecule has 158 valence electrons. The van der Waals surface area contributed by atoms with Crippen molar-refractivity contribution >= 4 is 18.4 Å². The second-order valence-corrected chi connectivity index (χ2v) is 7.98. The predicted molar refractivity (Wildman–Crippen MR) is 119 cm³/mol. The molecule has 7 heteroatoms. The molecule has 0 unspecified atom stereocenters. The van der Waals surface area contributed by atoms with Gasteiger partial charge in [-0.05, 0) is 55.2 Å². The van der Waals surface area contributed by atoms with Crippen molar-refractivity contribution in [1.82, 2.24) is 14.9 Å². The average Bonchev–Trinajstić information content (AvgIpc) is 3.13. The lowest BCUT2D eigenvalue weighted by Gasteiger charge is -2.19. The number of methoxy groups -OCH3 is 1. The van der Waals surface area contributed by atoms with E-state index in [1.807, 2.05) is 18.2 Å². The number of aromatic nitrogens is 3. The Morgan fingerprint density at radius 2 is 2.03 bits per heavy atom. The van der Waals surface area contributed by atoms with Gasteiger partial charge in [-0.15, -0.1) is 0 Å². The van der Waals surface area contributed by atoms with Gasteiger partial charge in [0.25, 0.3) is 0 Å². The van der Waals surface area contributed by atoms with Crippen LogP contribution in [0, 0.1) is 4.77 Å². The summed E-state index contributed by atoms with van der Waals surface area (Å²) in [6.07, 6.45) is 12.6.